The molecule has 220 valence electrons. The summed E-state index contributed by atoms with van der Waals surface area (Å²) >= 11 is 0. The number of aryl methyl sites for hydroxylation is 1. The fourth-order valence-electron chi connectivity index (χ4n) is 6.46. The number of nitrogens with zero attached hydrogens (tertiary/aromatic N) is 3. The number of ether oxygens (including phenoxy) is 3. The van der Waals surface area contributed by atoms with Crippen molar-refractivity contribution in [3.8, 4) is 5.75 Å². The van der Waals surface area contributed by atoms with Crippen LogP contribution in [0.4, 0.5) is 13.6 Å². The van der Waals surface area contributed by atoms with Crippen molar-refractivity contribution in [3.63, 3.8) is 0 Å². The van der Waals surface area contributed by atoms with Gasteiger partial charge in [-0.05, 0) is 81.8 Å². The van der Waals surface area contributed by atoms with Crippen LogP contribution in [0, 0.1) is 12.3 Å². The Hall–Kier alpha value is -3.53. The summed E-state index contributed by atoms with van der Waals surface area (Å²) in [6.45, 7) is 8.47. The van der Waals surface area contributed by atoms with Crippen LogP contribution in [0.1, 0.15) is 79.7 Å². The van der Waals surface area contributed by atoms with Crippen molar-refractivity contribution in [3.05, 3.63) is 59.0 Å². The highest BCUT2D eigenvalue weighted by Gasteiger charge is 2.58. The lowest BCUT2D eigenvalue weighted by atomic mass is 9.59. The molecule has 1 saturated carbocycles. The number of rotatable bonds is 5. The summed E-state index contributed by atoms with van der Waals surface area (Å²) in [5.41, 5.74) is 2.46. The monoisotopic (exact) mass is 569 g/mol. The maximum absolute atomic E-state index is 14.1. The number of carbonyl (C=O) groups excluding carboxylic acids is 2. The van der Waals surface area contributed by atoms with Gasteiger partial charge in [0.1, 0.15) is 17.0 Å². The van der Waals surface area contributed by atoms with E-state index in [1.54, 1.807) is 25.6 Å². The number of fused-ring (bicyclic) bond motifs is 1. The van der Waals surface area contributed by atoms with Crippen molar-refractivity contribution in [2.75, 3.05) is 20.8 Å². The van der Waals surface area contributed by atoms with E-state index in [2.05, 4.69) is 9.88 Å². The molecule has 5 rings (SSSR count). The number of pyridine rings is 1. The van der Waals surface area contributed by atoms with Crippen LogP contribution in [-0.4, -0.2) is 58.8 Å². The molecule has 1 unspecified atom stereocenters. The Morgan fingerprint density at radius 1 is 1.15 bits per heavy atom. The third-order valence-corrected chi connectivity index (χ3v) is 8.23. The zero-order valence-corrected chi connectivity index (χ0v) is 24.4. The molecule has 41 heavy (non-hydrogen) atoms. The quantitative estimate of drug-likeness (QED) is 0.317. The number of carbonyl (C=O) groups is 2. The number of benzene rings is 1. The van der Waals surface area contributed by atoms with E-state index < -0.39 is 29.0 Å². The molecule has 1 atom stereocenters. The van der Waals surface area contributed by atoms with Crippen molar-refractivity contribution in [1.29, 1.82) is 0 Å². The van der Waals surface area contributed by atoms with E-state index in [9.17, 15) is 18.4 Å². The van der Waals surface area contributed by atoms with Gasteiger partial charge in [0.05, 0.1) is 19.7 Å². The molecular formula is C31H37F2N3O5. The van der Waals surface area contributed by atoms with E-state index in [4.69, 9.17) is 14.2 Å². The van der Waals surface area contributed by atoms with Gasteiger partial charge in [-0.2, -0.15) is 0 Å². The molecule has 0 amide bonds. The smallest absolute Gasteiger partial charge is 0.419 e. The summed E-state index contributed by atoms with van der Waals surface area (Å²) in [7, 11) is 2.91. The molecule has 3 heterocycles. The Bertz CT molecular complexity index is 1470. The summed E-state index contributed by atoms with van der Waals surface area (Å²) in [6, 6.07) is 7.05. The fraction of sp³-hybridized carbons (Fsp3) is 0.516. The van der Waals surface area contributed by atoms with Crippen LogP contribution >= 0.6 is 0 Å². The Labute approximate surface area is 238 Å². The molecule has 2 aliphatic rings. The van der Waals surface area contributed by atoms with E-state index in [0.717, 1.165) is 27.6 Å². The minimum absolute atomic E-state index is 0.116. The minimum Gasteiger partial charge on any atom is -0.496 e. The average molecular weight is 570 g/mol. The first-order chi connectivity index (χ1) is 19.2. The summed E-state index contributed by atoms with van der Waals surface area (Å²) < 4.78 is 45.9. The highest BCUT2D eigenvalue weighted by molar-refractivity contribution is 5.95. The van der Waals surface area contributed by atoms with Crippen molar-refractivity contribution in [1.82, 2.24) is 14.5 Å². The van der Waals surface area contributed by atoms with Crippen LogP contribution in [0.2, 0.25) is 0 Å². The molecule has 3 aromatic rings. The molecule has 2 aromatic heterocycles. The Balaban J connectivity index is 1.52. The largest absolute Gasteiger partial charge is 0.496 e. The van der Waals surface area contributed by atoms with Gasteiger partial charge in [-0.25, -0.2) is 23.4 Å². The summed E-state index contributed by atoms with van der Waals surface area (Å²) in [6.07, 6.45) is 3.86. The predicted molar refractivity (Wildman–Crippen MR) is 149 cm³/mol. The van der Waals surface area contributed by atoms with Gasteiger partial charge in [0, 0.05) is 48.8 Å². The first kappa shape index (κ1) is 29.0. The Kier molecular flexibility index (Phi) is 7.34. The standard InChI is InChI=1S/C31H37F2N3O5/c1-19-13-25(39-5)22(21-9-11-36(26(19)21)28(38)41-29(2,3)4)16-35-12-10-30(17-31(32,33)18-30)14-24(35)20-7-8-23(34-15-20)27(37)40-6/h7-9,11,13,15,24H,10,12,14,16-18H2,1-6H3. The predicted octanol–water partition coefficient (Wildman–Crippen LogP) is 6.68. The van der Waals surface area contributed by atoms with Crippen molar-refractivity contribution >= 4 is 23.0 Å². The number of aromatic nitrogens is 2. The molecule has 1 aliphatic carbocycles. The molecule has 0 radical (unpaired) electrons. The third kappa shape index (κ3) is 5.66. The van der Waals surface area contributed by atoms with Crippen LogP contribution in [0.3, 0.4) is 0 Å². The SMILES string of the molecule is COC(=O)c1ccc(C2CC3(CCN2Cc2c(OC)cc(C)c4c2ccn4C(=O)OC(C)(C)C)CC(F)(F)C3)cn1. The molecule has 0 bridgehead atoms. The third-order valence-electron chi connectivity index (χ3n) is 8.23. The number of likely N-dealkylation sites (tertiary alicyclic amines) is 1. The van der Waals surface area contributed by atoms with Crippen LogP contribution in [0.15, 0.2) is 36.7 Å². The molecule has 1 spiro atoms. The van der Waals surface area contributed by atoms with E-state index >= 15 is 0 Å². The van der Waals surface area contributed by atoms with Gasteiger partial charge in [-0.3, -0.25) is 9.47 Å². The number of alkyl halides is 2. The molecular weight excluding hydrogens is 532 g/mol. The second-order valence-corrected chi connectivity index (χ2v) is 12.4. The van der Waals surface area contributed by atoms with E-state index in [-0.39, 0.29) is 24.6 Å². The zero-order valence-electron chi connectivity index (χ0n) is 24.4. The second kappa shape index (κ2) is 10.4. The highest BCUT2D eigenvalue weighted by Crippen LogP contribution is 2.60. The van der Waals surface area contributed by atoms with Crippen LogP contribution in [0.5, 0.6) is 5.75 Å². The number of esters is 1. The number of halogens is 2. The highest BCUT2D eigenvalue weighted by atomic mass is 19.3. The molecule has 1 aromatic carbocycles. The van der Waals surface area contributed by atoms with E-state index in [0.29, 0.717) is 31.7 Å². The van der Waals surface area contributed by atoms with Gasteiger partial charge in [0.2, 0.25) is 5.92 Å². The average Bonchev–Trinajstić information content (AvgIpc) is 3.35. The zero-order chi connectivity index (χ0) is 29.7. The lowest BCUT2D eigenvalue weighted by Gasteiger charge is -2.54. The summed E-state index contributed by atoms with van der Waals surface area (Å²) in [4.78, 5) is 31.6. The van der Waals surface area contributed by atoms with E-state index in [1.807, 2.05) is 45.9 Å². The maximum Gasteiger partial charge on any atom is 0.419 e. The number of hydrogen-bond donors (Lipinski definition) is 0. The van der Waals surface area contributed by atoms with Gasteiger partial charge in [0.25, 0.3) is 0 Å². The van der Waals surface area contributed by atoms with Crippen LogP contribution in [-0.2, 0) is 16.0 Å². The number of methoxy groups -OCH3 is 2. The lowest BCUT2D eigenvalue weighted by molar-refractivity contribution is -0.186. The summed E-state index contributed by atoms with van der Waals surface area (Å²) in [5.74, 6) is -2.48. The van der Waals surface area contributed by atoms with Gasteiger partial charge in [-0.1, -0.05) is 6.07 Å². The lowest BCUT2D eigenvalue weighted by Crippen LogP contribution is -2.53. The normalized spacial score (nSPS) is 20.0. The van der Waals surface area contributed by atoms with Crippen LogP contribution in [0.25, 0.3) is 10.9 Å². The Morgan fingerprint density at radius 3 is 2.46 bits per heavy atom. The first-order valence-corrected chi connectivity index (χ1v) is 13.8. The number of hydrogen-bond acceptors (Lipinski definition) is 7. The molecule has 8 nitrogen and oxygen atoms in total. The van der Waals surface area contributed by atoms with Crippen molar-refractivity contribution < 1.29 is 32.6 Å². The van der Waals surface area contributed by atoms with E-state index in [1.165, 1.54) is 11.7 Å². The van der Waals surface area contributed by atoms with Gasteiger partial charge < -0.3 is 14.2 Å². The molecule has 2 fully saturated rings. The molecule has 10 heteroatoms. The maximum atomic E-state index is 14.1. The summed E-state index contributed by atoms with van der Waals surface area (Å²) in [5, 5.41) is 0.862. The van der Waals surface area contributed by atoms with Crippen molar-refractivity contribution in [2.24, 2.45) is 5.41 Å². The fourth-order valence-corrected chi connectivity index (χ4v) is 6.46. The van der Waals surface area contributed by atoms with Gasteiger partial charge >= 0.3 is 12.1 Å². The topological polar surface area (TPSA) is 82.9 Å². The first-order valence-electron chi connectivity index (χ1n) is 13.8. The second-order valence-electron chi connectivity index (χ2n) is 12.4. The Morgan fingerprint density at radius 2 is 1.88 bits per heavy atom. The molecule has 1 saturated heterocycles. The van der Waals surface area contributed by atoms with Crippen molar-refractivity contribution in [2.45, 2.75) is 77.5 Å². The molecule has 0 N–H and O–H groups in total. The van der Waals surface area contributed by atoms with Gasteiger partial charge in [-0.15, -0.1) is 0 Å². The number of piperidine rings is 1. The molecule has 1 aliphatic heterocycles. The minimum atomic E-state index is -2.63. The van der Waals surface area contributed by atoms with Gasteiger partial charge in [0.15, 0.2) is 0 Å². The van der Waals surface area contributed by atoms with Crippen LogP contribution < -0.4 is 4.74 Å².